The van der Waals surface area contributed by atoms with Crippen molar-refractivity contribution in [2.24, 2.45) is 4.99 Å². The maximum absolute atomic E-state index is 4.30. The lowest BCUT2D eigenvalue weighted by molar-refractivity contribution is 0.334. The summed E-state index contributed by atoms with van der Waals surface area (Å²) in [5.74, 6) is 0.952. The van der Waals surface area contributed by atoms with Crippen molar-refractivity contribution in [3.63, 3.8) is 0 Å². The summed E-state index contributed by atoms with van der Waals surface area (Å²) in [5, 5.41) is 6.85. The first-order valence-corrected chi connectivity index (χ1v) is 8.73. The second-order valence-corrected chi connectivity index (χ2v) is 6.19. The van der Waals surface area contributed by atoms with E-state index < -0.39 is 0 Å². The molecule has 1 aliphatic carbocycles. The predicted octanol–water partition coefficient (Wildman–Crippen LogP) is 3.15. The van der Waals surface area contributed by atoms with Crippen LogP contribution in [0.3, 0.4) is 0 Å². The maximum atomic E-state index is 4.30. The van der Waals surface area contributed by atoms with Crippen LogP contribution in [0.1, 0.15) is 51.4 Å². The zero-order chi connectivity index (χ0) is 14.8. The quantitative estimate of drug-likeness (QED) is 0.219. The minimum absolute atomic E-state index is 0. The van der Waals surface area contributed by atoms with Gasteiger partial charge in [0.25, 0.3) is 0 Å². The zero-order valence-corrected chi connectivity index (χ0v) is 16.4. The second kappa shape index (κ2) is 12.2. The SMILES string of the molecule is CN=C(NCCCN1CCCC1)NCCC1=CCCCC1.I. The predicted molar refractivity (Wildman–Crippen MR) is 106 cm³/mol. The summed E-state index contributed by atoms with van der Waals surface area (Å²) in [6.07, 6.45) is 12.9. The van der Waals surface area contributed by atoms with Crippen LogP contribution in [0.15, 0.2) is 16.6 Å². The number of hydrogen-bond donors (Lipinski definition) is 2. The van der Waals surface area contributed by atoms with E-state index in [4.69, 9.17) is 0 Å². The van der Waals surface area contributed by atoms with E-state index in [1.165, 1.54) is 64.6 Å². The molecule has 22 heavy (non-hydrogen) atoms. The summed E-state index contributed by atoms with van der Waals surface area (Å²) in [6, 6.07) is 0. The molecule has 128 valence electrons. The standard InChI is InChI=1S/C17H32N4.HI/c1-18-17(19-11-7-15-21-13-5-6-14-21)20-12-10-16-8-3-2-4-9-16;/h8H,2-7,9-15H2,1H3,(H2,18,19,20);1H. The average Bonchev–Trinajstić information content (AvgIpc) is 3.04. The fourth-order valence-corrected chi connectivity index (χ4v) is 3.21. The van der Waals surface area contributed by atoms with Crippen molar-refractivity contribution in [2.75, 3.05) is 39.8 Å². The Hall–Kier alpha value is -0.300. The van der Waals surface area contributed by atoms with Crippen molar-refractivity contribution in [1.82, 2.24) is 15.5 Å². The molecule has 1 saturated heterocycles. The summed E-state index contributed by atoms with van der Waals surface area (Å²) in [4.78, 5) is 6.86. The molecule has 5 heteroatoms. The van der Waals surface area contributed by atoms with Crippen LogP contribution in [-0.4, -0.2) is 50.6 Å². The van der Waals surface area contributed by atoms with Gasteiger partial charge >= 0.3 is 0 Å². The van der Waals surface area contributed by atoms with E-state index in [1.807, 2.05) is 7.05 Å². The molecular formula is C17H33IN4. The van der Waals surface area contributed by atoms with Crippen LogP contribution in [0.4, 0.5) is 0 Å². The van der Waals surface area contributed by atoms with E-state index in [1.54, 1.807) is 5.57 Å². The van der Waals surface area contributed by atoms with Crippen LogP contribution in [0.25, 0.3) is 0 Å². The number of nitrogens with one attached hydrogen (secondary N) is 2. The van der Waals surface area contributed by atoms with Gasteiger partial charge in [-0.15, -0.1) is 24.0 Å². The summed E-state index contributed by atoms with van der Waals surface area (Å²) in [6.45, 7) is 5.82. The largest absolute Gasteiger partial charge is 0.356 e. The second-order valence-electron chi connectivity index (χ2n) is 6.19. The average molecular weight is 420 g/mol. The molecule has 0 atom stereocenters. The monoisotopic (exact) mass is 420 g/mol. The topological polar surface area (TPSA) is 39.7 Å². The van der Waals surface area contributed by atoms with Gasteiger partial charge in [0.15, 0.2) is 5.96 Å². The molecule has 0 aromatic rings. The first kappa shape index (κ1) is 19.7. The summed E-state index contributed by atoms with van der Waals surface area (Å²) < 4.78 is 0. The van der Waals surface area contributed by atoms with Crippen molar-refractivity contribution < 1.29 is 0 Å². The molecule has 2 aliphatic rings. The van der Waals surface area contributed by atoms with Gasteiger partial charge in [-0.1, -0.05) is 11.6 Å². The molecule has 1 heterocycles. The Kier molecular flexibility index (Phi) is 10.9. The lowest BCUT2D eigenvalue weighted by Crippen LogP contribution is -2.39. The molecule has 1 fully saturated rings. The van der Waals surface area contributed by atoms with Gasteiger partial charge in [-0.05, 0) is 71.0 Å². The Morgan fingerprint density at radius 3 is 2.59 bits per heavy atom. The summed E-state index contributed by atoms with van der Waals surface area (Å²) in [7, 11) is 1.86. The number of nitrogens with zero attached hydrogens (tertiary/aromatic N) is 2. The Morgan fingerprint density at radius 1 is 1.14 bits per heavy atom. The molecule has 0 unspecified atom stereocenters. The Bertz CT molecular complexity index is 349. The number of guanidine groups is 1. The van der Waals surface area contributed by atoms with Crippen molar-refractivity contribution in [2.45, 2.75) is 51.4 Å². The van der Waals surface area contributed by atoms with Crippen LogP contribution in [-0.2, 0) is 0 Å². The van der Waals surface area contributed by atoms with E-state index in [-0.39, 0.29) is 24.0 Å². The third-order valence-corrected chi connectivity index (χ3v) is 4.49. The highest BCUT2D eigenvalue weighted by Crippen LogP contribution is 2.19. The van der Waals surface area contributed by atoms with Gasteiger partial charge in [-0.2, -0.15) is 0 Å². The van der Waals surface area contributed by atoms with Gasteiger partial charge in [0.05, 0.1) is 0 Å². The van der Waals surface area contributed by atoms with Gasteiger partial charge in [-0.3, -0.25) is 4.99 Å². The Labute approximate surface area is 153 Å². The zero-order valence-electron chi connectivity index (χ0n) is 14.1. The molecule has 0 amide bonds. The number of rotatable bonds is 7. The van der Waals surface area contributed by atoms with Crippen LogP contribution in [0, 0.1) is 0 Å². The molecule has 1 aliphatic heterocycles. The molecule has 0 spiro atoms. The fourth-order valence-electron chi connectivity index (χ4n) is 3.21. The number of halogens is 1. The normalized spacial score (nSPS) is 19.5. The van der Waals surface area contributed by atoms with Gasteiger partial charge in [0, 0.05) is 20.1 Å². The minimum Gasteiger partial charge on any atom is -0.356 e. The van der Waals surface area contributed by atoms with E-state index in [9.17, 15) is 0 Å². The maximum Gasteiger partial charge on any atom is 0.190 e. The first-order chi connectivity index (χ1) is 10.4. The van der Waals surface area contributed by atoms with Gasteiger partial charge in [0.2, 0.25) is 0 Å². The molecule has 0 radical (unpaired) electrons. The van der Waals surface area contributed by atoms with Gasteiger partial charge in [0.1, 0.15) is 0 Å². The van der Waals surface area contributed by atoms with E-state index in [0.717, 1.165) is 25.5 Å². The van der Waals surface area contributed by atoms with Crippen LogP contribution < -0.4 is 10.6 Å². The molecule has 0 aromatic heterocycles. The Balaban J connectivity index is 0.00000242. The molecule has 4 nitrogen and oxygen atoms in total. The van der Waals surface area contributed by atoms with Crippen LogP contribution in [0.2, 0.25) is 0 Å². The fraction of sp³-hybridized carbons (Fsp3) is 0.824. The van der Waals surface area contributed by atoms with E-state index in [2.05, 4.69) is 26.6 Å². The smallest absolute Gasteiger partial charge is 0.190 e. The number of allylic oxidation sites excluding steroid dienone is 1. The van der Waals surface area contributed by atoms with Gasteiger partial charge < -0.3 is 15.5 Å². The van der Waals surface area contributed by atoms with E-state index >= 15 is 0 Å². The van der Waals surface area contributed by atoms with Crippen LogP contribution in [0.5, 0.6) is 0 Å². The minimum atomic E-state index is 0. The van der Waals surface area contributed by atoms with Gasteiger partial charge in [-0.25, -0.2) is 0 Å². The lowest BCUT2D eigenvalue weighted by Gasteiger charge is -2.17. The molecule has 2 N–H and O–H groups in total. The Morgan fingerprint density at radius 2 is 1.91 bits per heavy atom. The van der Waals surface area contributed by atoms with E-state index in [0.29, 0.717) is 0 Å². The summed E-state index contributed by atoms with van der Waals surface area (Å²) >= 11 is 0. The highest BCUT2D eigenvalue weighted by Gasteiger charge is 2.10. The molecule has 2 rings (SSSR count). The molecular weight excluding hydrogens is 387 g/mol. The van der Waals surface area contributed by atoms with Crippen molar-refractivity contribution >= 4 is 29.9 Å². The van der Waals surface area contributed by atoms with Crippen molar-refractivity contribution in [3.05, 3.63) is 11.6 Å². The third-order valence-electron chi connectivity index (χ3n) is 4.49. The number of aliphatic imine (C=N–C) groups is 1. The highest BCUT2D eigenvalue weighted by molar-refractivity contribution is 14.0. The molecule has 0 saturated carbocycles. The third kappa shape index (κ3) is 7.81. The van der Waals surface area contributed by atoms with Crippen molar-refractivity contribution in [1.29, 1.82) is 0 Å². The molecule has 0 aromatic carbocycles. The van der Waals surface area contributed by atoms with Crippen LogP contribution >= 0.6 is 24.0 Å². The number of hydrogen-bond acceptors (Lipinski definition) is 2. The number of likely N-dealkylation sites (tertiary alicyclic amines) is 1. The first-order valence-electron chi connectivity index (χ1n) is 8.73. The summed E-state index contributed by atoms with van der Waals surface area (Å²) in [5.41, 5.74) is 1.62. The molecule has 0 bridgehead atoms. The van der Waals surface area contributed by atoms with Crippen molar-refractivity contribution in [3.8, 4) is 0 Å². The lowest BCUT2D eigenvalue weighted by atomic mass is 9.97. The highest BCUT2D eigenvalue weighted by atomic mass is 127.